The number of hydrogen-bond donors (Lipinski definition) is 1. The molecule has 1 aromatic heterocycles. The van der Waals surface area contributed by atoms with Crippen LogP contribution in [0.2, 0.25) is 0 Å². The first-order chi connectivity index (χ1) is 11.1. The van der Waals surface area contributed by atoms with Gasteiger partial charge in [-0.15, -0.1) is 0 Å². The molecule has 0 radical (unpaired) electrons. The lowest BCUT2D eigenvalue weighted by molar-refractivity contribution is -0.131. The maximum atomic E-state index is 12.2. The minimum atomic E-state index is -0.0726. The van der Waals surface area contributed by atoms with E-state index in [0.717, 1.165) is 51.9 Å². The molecule has 0 atom stereocenters. The van der Waals surface area contributed by atoms with Gasteiger partial charge in [0, 0.05) is 39.3 Å². The molecule has 23 heavy (non-hydrogen) atoms. The minimum Gasteiger partial charge on any atom is -0.348 e. The molecule has 0 aliphatic carbocycles. The number of nitrogens with one attached hydrogen (secondary N) is 1. The van der Waals surface area contributed by atoms with Gasteiger partial charge in [0.05, 0.1) is 19.1 Å². The van der Waals surface area contributed by atoms with Crippen molar-refractivity contribution in [3.05, 3.63) is 18.2 Å². The first-order valence-electron chi connectivity index (χ1n) is 8.41. The fourth-order valence-electron chi connectivity index (χ4n) is 3.33. The molecule has 7 nitrogen and oxygen atoms in total. The van der Waals surface area contributed by atoms with Crippen molar-refractivity contribution in [1.29, 1.82) is 0 Å². The van der Waals surface area contributed by atoms with Gasteiger partial charge in [-0.2, -0.15) is 0 Å². The molecule has 1 N–H and O–H groups in total. The Labute approximate surface area is 136 Å². The van der Waals surface area contributed by atoms with Crippen LogP contribution in [0.5, 0.6) is 0 Å². The lowest BCUT2D eigenvalue weighted by Gasteiger charge is -2.32. The van der Waals surface area contributed by atoms with Crippen molar-refractivity contribution in [2.24, 2.45) is 7.05 Å². The number of aryl methyl sites for hydroxylation is 1. The summed E-state index contributed by atoms with van der Waals surface area (Å²) in [4.78, 5) is 32.5. The fraction of sp³-hybridized carbons (Fsp3) is 0.688. The zero-order valence-corrected chi connectivity index (χ0v) is 13.7. The number of carbonyl (C=O) groups is 2. The van der Waals surface area contributed by atoms with Crippen LogP contribution in [0.3, 0.4) is 0 Å². The van der Waals surface area contributed by atoms with Gasteiger partial charge in [0.1, 0.15) is 5.69 Å². The van der Waals surface area contributed by atoms with Gasteiger partial charge in [0.25, 0.3) is 5.91 Å². The third kappa shape index (κ3) is 3.90. The van der Waals surface area contributed by atoms with E-state index in [-0.39, 0.29) is 17.9 Å². The van der Waals surface area contributed by atoms with E-state index in [4.69, 9.17) is 0 Å². The number of likely N-dealkylation sites (tertiary alicyclic amines) is 2. The van der Waals surface area contributed by atoms with Crippen molar-refractivity contribution < 1.29 is 9.59 Å². The predicted octanol–water partition coefficient (Wildman–Crippen LogP) is 0.237. The summed E-state index contributed by atoms with van der Waals surface area (Å²) in [6.07, 6.45) is 7.25. The molecule has 126 valence electrons. The topological polar surface area (TPSA) is 70.5 Å². The van der Waals surface area contributed by atoms with Gasteiger partial charge in [0.15, 0.2) is 0 Å². The van der Waals surface area contributed by atoms with Crippen molar-refractivity contribution >= 4 is 11.8 Å². The number of rotatable bonds is 4. The van der Waals surface area contributed by atoms with Gasteiger partial charge in [0.2, 0.25) is 5.91 Å². The average Bonchev–Trinajstić information content (AvgIpc) is 3.20. The fourth-order valence-corrected chi connectivity index (χ4v) is 3.33. The molecule has 7 heteroatoms. The summed E-state index contributed by atoms with van der Waals surface area (Å²) in [5.74, 6) is 0.177. The maximum Gasteiger partial charge on any atom is 0.269 e. The third-order valence-electron chi connectivity index (χ3n) is 4.79. The first kappa shape index (κ1) is 16.0. The average molecular weight is 319 g/mol. The van der Waals surface area contributed by atoms with Crippen molar-refractivity contribution in [2.45, 2.75) is 31.7 Å². The van der Waals surface area contributed by atoms with Crippen LogP contribution in [0.1, 0.15) is 36.2 Å². The summed E-state index contributed by atoms with van der Waals surface area (Å²) in [5.41, 5.74) is 0.580. The molecule has 2 fully saturated rings. The monoisotopic (exact) mass is 319 g/mol. The zero-order chi connectivity index (χ0) is 16.2. The maximum absolute atomic E-state index is 12.2. The Morgan fingerprint density at radius 3 is 2.52 bits per heavy atom. The summed E-state index contributed by atoms with van der Waals surface area (Å²) in [5, 5.41) is 3.07. The van der Waals surface area contributed by atoms with Crippen LogP contribution >= 0.6 is 0 Å². The molecule has 0 spiro atoms. The molecule has 0 aromatic carbocycles. The summed E-state index contributed by atoms with van der Waals surface area (Å²) in [7, 11) is 1.81. The van der Waals surface area contributed by atoms with Gasteiger partial charge >= 0.3 is 0 Å². The van der Waals surface area contributed by atoms with Gasteiger partial charge in [-0.25, -0.2) is 4.98 Å². The summed E-state index contributed by atoms with van der Waals surface area (Å²) < 4.78 is 1.72. The molecule has 2 saturated heterocycles. The number of amides is 2. The number of hydrogen-bond acceptors (Lipinski definition) is 4. The Kier molecular flexibility index (Phi) is 4.95. The molecule has 0 bridgehead atoms. The molecule has 2 aliphatic heterocycles. The number of carbonyl (C=O) groups excluding carboxylic acids is 2. The Balaban J connectivity index is 1.42. The molecule has 3 heterocycles. The molecule has 1 aromatic rings. The quantitative estimate of drug-likeness (QED) is 0.863. The van der Waals surface area contributed by atoms with Crippen molar-refractivity contribution in [3.8, 4) is 0 Å². The Hall–Kier alpha value is -1.89. The van der Waals surface area contributed by atoms with Crippen LogP contribution in [0.25, 0.3) is 0 Å². The summed E-state index contributed by atoms with van der Waals surface area (Å²) in [6.45, 7) is 4.06. The van der Waals surface area contributed by atoms with E-state index in [0.29, 0.717) is 12.2 Å². The lowest BCUT2D eigenvalue weighted by atomic mass is 10.0. The van der Waals surface area contributed by atoms with E-state index in [1.54, 1.807) is 17.1 Å². The van der Waals surface area contributed by atoms with Crippen LogP contribution in [0.4, 0.5) is 0 Å². The first-order valence-corrected chi connectivity index (χ1v) is 8.41. The summed E-state index contributed by atoms with van der Waals surface area (Å²) >= 11 is 0. The van der Waals surface area contributed by atoms with E-state index < -0.39 is 0 Å². The smallest absolute Gasteiger partial charge is 0.269 e. The van der Waals surface area contributed by atoms with E-state index in [2.05, 4.69) is 15.2 Å². The molecular weight excluding hydrogens is 294 g/mol. The lowest BCUT2D eigenvalue weighted by Crippen LogP contribution is -2.47. The molecular formula is C16H25N5O2. The molecule has 2 amide bonds. The van der Waals surface area contributed by atoms with Crippen LogP contribution in [0, 0.1) is 0 Å². The van der Waals surface area contributed by atoms with Crippen molar-refractivity contribution in [3.63, 3.8) is 0 Å². The highest BCUT2D eigenvalue weighted by molar-refractivity contribution is 5.92. The summed E-state index contributed by atoms with van der Waals surface area (Å²) in [6, 6.07) is 0.176. The Morgan fingerprint density at radius 2 is 1.91 bits per heavy atom. The third-order valence-corrected chi connectivity index (χ3v) is 4.79. The van der Waals surface area contributed by atoms with Crippen LogP contribution in [-0.2, 0) is 11.8 Å². The second kappa shape index (κ2) is 7.12. The second-order valence-electron chi connectivity index (χ2n) is 6.50. The highest BCUT2D eigenvalue weighted by Gasteiger charge is 2.25. The predicted molar refractivity (Wildman–Crippen MR) is 86.0 cm³/mol. The SMILES string of the molecule is Cn1cncc1C(=O)NC1CCN(CC(=O)N2CCCC2)CC1. The van der Waals surface area contributed by atoms with E-state index >= 15 is 0 Å². The minimum absolute atomic E-state index is 0.0726. The largest absolute Gasteiger partial charge is 0.348 e. The van der Waals surface area contributed by atoms with E-state index in [1.165, 1.54) is 0 Å². The van der Waals surface area contributed by atoms with Crippen molar-refractivity contribution in [2.75, 3.05) is 32.7 Å². The van der Waals surface area contributed by atoms with Gasteiger partial charge < -0.3 is 14.8 Å². The van der Waals surface area contributed by atoms with Crippen LogP contribution < -0.4 is 5.32 Å². The molecule has 2 aliphatic rings. The highest BCUT2D eigenvalue weighted by atomic mass is 16.2. The number of piperidine rings is 1. The van der Waals surface area contributed by atoms with Gasteiger partial charge in [-0.1, -0.05) is 0 Å². The molecule has 0 saturated carbocycles. The standard InChI is InChI=1S/C16H25N5O2/c1-19-12-17-10-14(19)16(23)18-13-4-8-20(9-5-13)11-15(22)21-6-2-3-7-21/h10,12-13H,2-9,11H2,1H3,(H,18,23). The second-order valence-corrected chi connectivity index (χ2v) is 6.50. The normalized spacial score (nSPS) is 20.0. The zero-order valence-electron chi connectivity index (χ0n) is 13.7. The Morgan fingerprint density at radius 1 is 1.22 bits per heavy atom. The van der Waals surface area contributed by atoms with Crippen LogP contribution in [0.15, 0.2) is 12.5 Å². The number of imidazole rings is 1. The number of aromatic nitrogens is 2. The highest BCUT2D eigenvalue weighted by Crippen LogP contribution is 2.13. The number of nitrogens with zero attached hydrogens (tertiary/aromatic N) is 4. The Bertz CT molecular complexity index is 557. The van der Waals surface area contributed by atoms with Crippen LogP contribution in [-0.4, -0.2) is 69.9 Å². The van der Waals surface area contributed by atoms with Crippen molar-refractivity contribution in [1.82, 2.24) is 24.7 Å². The molecule has 3 rings (SSSR count). The van der Waals surface area contributed by atoms with Gasteiger partial charge in [-0.3, -0.25) is 14.5 Å². The van der Waals surface area contributed by atoms with E-state index in [1.807, 2.05) is 11.9 Å². The van der Waals surface area contributed by atoms with E-state index in [9.17, 15) is 9.59 Å². The molecule has 0 unspecified atom stereocenters. The van der Waals surface area contributed by atoms with Gasteiger partial charge in [-0.05, 0) is 25.7 Å².